The van der Waals surface area contributed by atoms with Gasteiger partial charge in [0.25, 0.3) is 0 Å². The number of esters is 2. The molecule has 0 N–H and O–H groups in total. The van der Waals surface area contributed by atoms with Crippen molar-refractivity contribution in [3.63, 3.8) is 0 Å². The molecular formula is C18H26O4. The van der Waals surface area contributed by atoms with Crippen molar-refractivity contribution in [2.75, 3.05) is 13.2 Å². The fourth-order valence-corrected chi connectivity index (χ4v) is 1.99. The van der Waals surface area contributed by atoms with Gasteiger partial charge in [0, 0.05) is 6.42 Å². The van der Waals surface area contributed by atoms with Gasteiger partial charge in [-0.2, -0.15) is 0 Å². The first-order chi connectivity index (χ1) is 10.7. The second-order valence-electron chi connectivity index (χ2n) is 5.24. The smallest absolute Gasteiger partial charge is 0.306 e. The molecule has 0 unspecified atom stereocenters. The number of unbranched alkanes of at least 4 members (excludes halogenated alkanes) is 3. The summed E-state index contributed by atoms with van der Waals surface area (Å²) in [5, 5.41) is 0. The Bertz CT molecular complexity index is 428. The zero-order valence-electron chi connectivity index (χ0n) is 13.4. The molecule has 4 nitrogen and oxygen atoms in total. The molecule has 0 spiro atoms. The van der Waals surface area contributed by atoms with Crippen LogP contribution in [-0.4, -0.2) is 25.2 Å². The first-order valence-corrected chi connectivity index (χ1v) is 8.07. The molecule has 1 aromatic rings. The van der Waals surface area contributed by atoms with E-state index in [9.17, 15) is 9.59 Å². The monoisotopic (exact) mass is 306 g/mol. The molecule has 0 saturated heterocycles. The molecule has 0 radical (unpaired) electrons. The van der Waals surface area contributed by atoms with Crippen LogP contribution in [0.15, 0.2) is 30.3 Å². The summed E-state index contributed by atoms with van der Waals surface area (Å²) < 4.78 is 10.2. The first-order valence-electron chi connectivity index (χ1n) is 8.07. The van der Waals surface area contributed by atoms with Gasteiger partial charge in [-0.3, -0.25) is 9.59 Å². The summed E-state index contributed by atoms with van der Waals surface area (Å²) in [4.78, 5) is 23.0. The Morgan fingerprint density at radius 3 is 2.14 bits per heavy atom. The van der Waals surface area contributed by atoms with Crippen LogP contribution in [0.2, 0.25) is 0 Å². The zero-order chi connectivity index (χ0) is 16.0. The van der Waals surface area contributed by atoms with E-state index < -0.39 is 0 Å². The lowest BCUT2D eigenvalue weighted by Gasteiger charge is -2.06. The second-order valence-corrected chi connectivity index (χ2v) is 5.24. The van der Waals surface area contributed by atoms with E-state index in [-0.39, 0.29) is 24.8 Å². The Labute approximate surface area is 132 Å². The highest BCUT2D eigenvalue weighted by atomic mass is 16.5. The lowest BCUT2D eigenvalue weighted by atomic mass is 10.2. The lowest BCUT2D eigenvalue weighted by Crippen LogP contribution is -2.12. The van der Waals surface area contributed by atoms with Crippen molar-refractivity contribution in [2.45, 2.75) is 51.9 Å². The average Bonchev–Trinajstić information content (AvgIpc) is 2.54. The number of carbonyl (C=O) groups is 2. The van der Waals surface area contributed by atoms with E-state index in [1.807, 2.05) is 30.3 Å². The van der Waals surface area contributed by atoms with Gasteiger partial charge in [0.15, 0.2) is 0 Å². The van der Waals surface area contributed by atoms with Gasteiger partial charge in [-0.1, -0.05) is 56.5 Å². The van der Waals surface area contributed by atoms with Crippen LogP contribution in [0.1, 0.15) is 51.0 Å². The van der Waals surface area contributed by atoms with Crippen LogP contribution in [0.3, 0.4) is 0 Å². The van der Waals surface area contributed by atoms with Gasteiger partial charge in [-0.25, -0.2) is 0 Å². The molecule has 0 aliphatic heterocycles. The van der Waals surface area contributed by atoms with Gasteiger partial charge >= 0.3 is 11.9 Å². The molecule has 122 valence electrons. The standard InChI is InChI=1S/C18H26O4/c1-2-3-4-8-14-21-17(19)11-12-18(20)22-15-13-16-9-6-5-7-10-16/h5-7,9-10H,2-4,8,11-15H2,1H3. The van der Waals surface area contributed by atoms with Crippen LogP contribution >= 0.6 is 0 Å². The van der Waals surface area contributed by atoms with Crippen molar-refractivity contribution in [3.05, 3.63) is 35.9 Å². The highest BCUT2D eigenvalue weighted by Crippen LogP contribution is 2.03. The minimum Gasteiger partial charge on any atom is -0.466 e. The average molecular weight is 306 g/mol. The first kappa shape index (κ1) is 18.2. The maximum atomic E-state index is 11.5. The molecular weight excluding hydrogens is 280 g/mol. The Morgan fingerprint density at radius 1 is 0.864 bits per heavy atom. The van der Waals surface area contributed by atoms with E-state index in [1.54, 1.807) is 0 Å². The Morgan fingerprint density at radius 2 is 1.50 bits per heavy atom. The van der Waals surface area contributed by atoms with E-state index >= 15 is 0 Å². The summed E-state index contributed by atoms with van der Waals surface area (Å²) in [6.45, 7) is 2.92. The minimum atomic E-state index is -0.348. The highest BCUT2D eigenvalue weighted by molar-refractivity contribution is 5.77. The van der Waals surface area contributed by atoms with E-state index in [1.165, 1.54) is 0 Å². The highest BCUT2D eigenvalue weighted by Gasteiger charge is 2.09. The third-order valence-corrected chi connectivity index (χ3v) is 3.29. The molecule has 22 heavy (non-hydrogen) atoms. The van der Waals surface area contributed by atoms with Gasteiger partial charge in [0.05, 0.1) is 26.1 Å². The summed E-state index contributed by atoms with van der Waals surface area (Å²) in [6.07, 6.45) is 5.15. The summed E-state index contributed by atoms with van der Waals surface area (Å²) in [6, 6.07) is 9.83. The summed E-state index contributed by atoms with van der Waals surface area (Å²) in [5.41, 5.74) is 1.13. The third kappa shape index (κ3) is 9.16. The third-order valence-electron chi connectivity index (χ3n) is 3.29. The van der Waals surface area contributed by atoms with Gasteiger partial charge in [0.1, 0.15) is 0 Å². The van der Waals surface area contributed by atoms with Crippen LogP contribution in [0, 0.1) is 0 Å². The number of hydrogen-bond acceptors (Lipinski definition) is 4. The minimum absolute atomic E-state index is 0.0859. The van der Waals surface area contributed by atoms with Crippen molar-refractivity contribution in [3.8, 4) is 0 Å². The Hall–Kier alpha value is -1.84. The summed E-state index contributed by atoms with van der Waals surface area (Å²) in [5.74, 6) is -0.671. The molecule has 1 rings (SSSR count). The molecule has 0 heterocycles. The maximum Gasteiger partial charge on any atom is 0.306 e. The van der Waals surface area contributed by atoms with Crippen molar-refractivity contribution >= 4 is 11.9 Å². The number of benzene rings is 1. The van der Waals surface area contributed by atoms with E-state index in [0.717, 1.165) is 31.2 Å². The fraction of sp³-hybridized carbons (Fsp3) is 0.556. The molecule has 0 aliphatic carbocycles. The van der Waals surface area contributed by atoms with Gasteiger partial charge < -0.3 is 9.47 Å². The van der Waals surface area contributed by atoms with E-state index in [0.29, 0.717) is 19.6 Å². The predicted octanol–water partition coefficient (Wildman–Crippen LogP) is 3.68. The van der Waals surface area contributed by atoms with Crippen molar-refractivity contribution in [2.24, 2.45) is 0 Å². The molecule has 0 saturated carbocycles. The molecule has 0 aromatic heterocycles. The van der Waals surface area contributed by atoms with Crippen molar-refractivity contribution in [1.82, 2.24) is 0 Å². The maximum absolute atomic E-state index is 11.5. The number of ether oxygens (including phenoxy) is 2. The van der Waals surface area contributed by atoms with Gasteiger partial charge in [-0.05, 0) is 12.0 Å². The molecule has 0 aliphatic rings. The topological polar surface area (TPSA) is 52.6 Å². The normalized spacial score (nSPS) is 10.2. The van der Waals surface area contributed by atoms with Gasteiger partial charge in [0.2, 0.25) is 0 Å². The van der Waals surface area contributed by atoms with Gasteiger partial charge in [-0.15, -0.1) is 0 Å². The lowest BCUT2D eigenvalue weighted by molar-refractivity contribution is -0.150. The number of rotatable bonds is 11. The molecule has 0 amide bonds. The van der Waals surface area contributed by atoms with Crippen molar-refractivity contribution < 1.29 is 19.1 Å². The molecule has 1 aromatic carbocycles. The molecule has 4 heteroatoms. The van der Waals surface area contributed by atoms with Crippen LogP contribution in [0.5, 0.6) is 0 Å². The Balaban J connectivity index is 2.01. The summed E-state index contributed by atoms with van der Waals surface area (Å²) in [7, 11) is 0. The second kappa shape index (κ2) is 11.8. The fourth-order valence-electron chi connectivity index (χ4n) is 1.99. The predicted molar refractivity (Wildman–Crippen MR) is 85.4 cm³/mol. The van der Waals surface area contributed by atoms with E-state index in [4.69, 9.17) is 9.47 Å². The SMILES string of the molecule is CCCCCCOC(=O)CCC(=O)OCCc1ccccc1. The number of carbonyl (C=O) groups excluding carboxylic acids is 2. The van der Waals surface area contributed by atoms with Crippen LogP contribution in [0.4, 0.5) is 0 Å². The molecule has 0 bridgehead atoms. The summed E-state index contributed by atoms with van der Waals surface area (Å²) >= 11 is 0. The van der Waals surface area contributed by atoms with Crippen molar-refractivity contribution in [1.29, 1.82) is 0 Å². The van der Waals surface area contributed by atoms with E-state index in [2.05, 4.69) is 6.92 Å². The molecule has 0 atom stereocenters. The quantitative estimate of drug-likeness (QED) is 0.462. The zero-order valence-corrected chi connectivity index (χ0v) is 13.4. The molecule has 0 fully saturated rings. The van der Waals surface area contributed by atoms with Crippen LogP contribution in [0.25, 0.3) is 0 Å². The number of hydrogen-bond donors (Lipinski definition) is 0. The van der Waals surface area contributed by atoms with Crippen LogP contribution < -0.4 is 0 Å². The Kier molecular flexibility index (Phi) is 9.75. The van der Waals surface area contributed by atoms with Crippen LogP contribution in [-0.2, 0) is 25.5 Å². The largest absolute Gasteiger partial charge is 0.466 e.